The zero-order chi connectivity index (χ0) is 16.2. The third-order valence-electron chi connectivity index (χ3n) is 3.91. The van der Waals surface area contributed by atoms with E-state index in [0.29, 0.717) is 30.2 Å². The van der Waals surface area contributed by atoms with Gasteiger partial charge in [-0.1, -0.05) is 18.2 Å². The summed E-state index contributed by atoms with van der Waals surface area (Å²) >= 11 is 0. The minimum absolute atomic E-state index is 0.0916. The first-order chi connectivity index (χ1) is 11.2. The molecule has 1 heterocycles. The molecule has 1 unspecified atom stereocenters. The Bertz CT molecular complexity index is 714. The van der Waals surface area contributed by atoms with Crippen molar-refractivity contribution >= 4 is 11.6 Å². The molecule has 5 heteroatoms. The van der Waals surface area contributed by atoms with E-state index in [4.69, 9.17) is 14.2 Å². The quantitative estimate of drug-likeness (QED) is 0.943. The van der Waals surface area contributed by atoms with Gasteiger partial charge in [-0.2, -0.15) is 0 Å². The van der Waals surface area contributed by atoms with Crippen molar-refractivity contribution in [2.45, 2.75) is 6.42 Å². The highest BCUT2D eigenvalue weighted by atomic mass is 16.5. The lowest BCUT2D eigenvalue weighted by Gasteiger charge is -2.24. The lowest BCUT2D eigenvalue weighted by molar-refractivity contribution is -0.121. The fraction of sp³-hybridized carbons (Fsp3) is 0.278. The van der Waals surface area contributed by atoms with Crippen molar-refractivity contribution in [2.24, 2.45) is 5.92 Å². The van der Waals surface area contributed by atoms with Gasteiger partial charge in [0.15, 0.2) is 0 Å². The first-order valence-electron chi connectivity index (χ1n) is 7.45. The molecule has 1 atom stereocenters. The van der Waals surface area contributed by atoms with Gasteiger partial charge in [0.2, 0.25) is 5.91 Å². The van der Waals surface area contributed by atoms with Gasteiger partial charge in [-0.05, 0) is 30.2 Å². The van der Waals surface area contributed by atoms with Crippen LogP contribution in [0.3, 0.4) is 0 Å². The number of carbonyl (C=O) groups excluding carboxylic acids is 1. The average molecular weight is 313 g/mol. The molecule has 3 rings (SSSR count). The second-order valence-electron chi connectivity index (χ2n) is 5.38. The SMILES string of the molecule is COc1ccc(OC)c(NC(=O)C2COc3ccccc3C2)c1. The van der Waals surface area contributed by atoms with Crippen LogP contribution in [0.15, 0.2) is 42.5 Å². The Hall–Kier alpha value is -2.69. The highest BCUT2D eigenvalue weighted by Crippen LogP contribution is 2.31. The van der Waals surface area contributed by atoms with Gasteiger partial charge in [-0.25, -0.2) is 0 Å². The van der Waals surface area contributed by atoms with Crippen LogP contribution in [0.5, 0.6) is 17.2 Å². The zero-order valence-corrected chi connectivity index (χ0v) is 13.2. The first-order valence-corrected chi connectivity index (χ1v) is 7.45. The second-order valence-corrected chi connectivity index (χ2v) is 5.38. The number of para-hydroxylation sites is 1. The number of nitrogens with one attached hydrogen (secondary N) is 1. The van der Waals surface area contributed by atoms with E-state index in [1.54, 1.807) is 32.4 Å². The molecular weight excluding hydrogens is 294 g/mol. The number of ether oxygens (including phenoxy) is 3. The van der Waals surface area contributed by atoms with Crippen LogP contribution in [0.1, 0.15) is 5.56 Å². The molecule has 2 aromatic rings. The van der Waals surface area contributed by atoms with Crippen LogP contribution in [0.4, 0.5) is 5.69 Å². The van der Waals surface area contributed by atoms with Crippen molar-refractivity contribution in [3.8, 4) is 17.2 Å². The topological polar surface area (TPSA) is 56.8 Å². The smallest absolute Gasteiger partial charge is 0.231 e. The van der Waals surface area contributed by atoms with E-state index < -0.39 is 0 Å². The van der Waals surface area contributed by atoms with Gasteiger partial charge < -0.3 is 19.5 Å². The van der Waals surface area contributed by atoms with Gasteiger partial charge in [0.05, 0.1) is 25.8 Å². The van der Waals surface area contributed by atoms with E-state index in [0.717, 1.165) is 11.3 Å². The van der Waals surface area contributed by atoms with Crippen LogP contribution in [0.2, 0.25) is 0 Å². The number of carbonyl (C=O) groups is 1. The van der Waals surface area contributed by atoms with Gasteiger partial charge in [0.1, 0.15) is 23.9 Å². The number of fused-ring (bicyclic) bond motifs is 1. The number of amides is 1. The molecular formula is C18H19NO4. The summed E-state index contributed by atoms with van der Waals surface area (Å²) in [5, 5.41) is 2.91. The third kappa shape index (κ3) is 3.23. The number of benzene rings is 2. The number of anilines is 1. The largest absolute Gasteiger partial charge is 0.497 e. The zero-order valence-electron chi connectivity index (χ0n) is 13.2. The van der Waals surface area contributed by atoms with Crippen molar-refractivity contribution in [3.05, 3.63) is 48.0 Å². The summed E-state index contributed by atoms with van der Waals surface area (Å²) < 4.78 is 16.2. The van der Waals surface area contributed by atoms with Gasteiger partial charge in [-0.15, -0.1) is 0 Å². The highest BCUT2D eigenvalue weighted by molar-refractivity contribution is 5.94. The molecule has 1 amide bonds. The molecule has 0 bridgehead atoms. The maximum Gasteiger partial charge on any atom is 0.231 e. The second kappa shape index (κ2) is 6.60. The number of rotatable bonds is 4. The van der Waals surface area contributed by atoms with Crippen molar-refractivity contribution in [1.82, 2.24) is 0 Å². The van der Waals surface area contributed by atoms with Crippen molar-refractivity contribution in [1.29, 1.82) is 0 Å². The predicted octanol–water partition coefficient (Wildman–Crippen LogP) is 2.89. The highest BCUT2D eigenvalue weighted by Gasteiger charge is 2.26. The molecule has 0 fully saturated rings. The summed E-state index contributed by atoms with van der Waals surface area (Å²) in [6, 6.07) is 13.1. The fourth-order valence-corrected chi connectivity index (χ4v) is 2.64. The summed E-state index contributed by atoms with van der Waals surface area (Å²) in [5.41, 5.74) is 1.65. The van der Waals surface area contributed by atoms with Crippen molar-refractivity contribution in [3.63, 3.8) is 0 Å². The average Bonchev–Trinajstić information content (AvgIpc) is 2.61. The Morgan fingerprint density at radius 2 is 2.00 bits per heavy atom. The molecule has 120 valence electrons. The van der Waals surface area contributed by atoms with Crippen LogP contribution >= 0.6 is 0 Å². The Morgan fingerprint density at radius 3 is 2.78 bits per heavy atom. The van der Waals surface area contributed by atoms with E-state index in [1.807, 2.05) is 24.3 Å². The summed E-state index contributed by atoms with van der Waals surface area (Å²) in [5.74, 6) is 1.78. The monoisotopic (exact) mass is 313 g/mol. The molecule has 0 aromatic heterocycles. The molecule has 0 saturated heterocycles. The van der Waals surface area contributed by atoms with Gasteiger partial charge >= 0.3 is 0 Å². The van der Waals surface area contributed by atoms with E-state index in [-0.39, 0.29) is 11.8 Å². The van der Waals surface area contributed by atoms with Gasteiger partial charge in [0.25, 0.3) is 0 Å². The molecule has 0 spiro atoms. The maximum absolute atomic E-state index is 12.6. The Labute approximate surface area is 135 Å². The van der Waals surface area contributed by atoms with E-state index in [2.05, 4.69) is 5.32 Å². The molecule has 5 nitrogen and oxygen atoms in total. The van der Waals surface area contributed by atoms with E-state index >= 15 is 0 Å². The fourth-order valence-electron chi connectivity index (χ4n) is 2.64. The minimum Gasteiger partial charge on any atom is -0.497 e. The number of hydrogen-bond donors (Lipinski definition) is 1. The minimum atomic E-state index is -0.235. The Balaban J connectivity index is 1.75. The van der Waals surface area contributed by atoms with Crippen molar-refractivity contribution < 1.29 is 19.0 Å². The molecule has 1 aliphatic heterocycles. The summed E-state index contributed by atoms with van der Waals surface area (Å²) in [7, 11) is 3.15. The van der Waals surface area contributed by atoms with Gasteiger partial charge in [-0.3, -0.25) is 4.79 Å². The van der Waals surface area contributed by atoms with E-state index in [9.17, 15) is 4.79 Å². The van der Waals surface area contributed by atoms with Crippen LogP contribution in [0, 0.1) is 5.92 Å². The normalized spacial score (nSPS) is 16.0. The third-order valence-corrected chi connectivity index (χ3v) is 3.91. The molecule has 0 radical (unpaired) electrons. The summed E-state index contributed by atoms with van der Waals surface area (Å²) in [4.78, 5) is 12.6. The van der Waals surface area contributed by atoms with Crippen LogP contribution in [-0.4, -0.2) is 26.7 Å². The van der Waals surface area contributed by atoms with Gasteiger partial charge in [0, 0.05) is 6.07 Å². The predicted molar refractivity (Wildman–Crippen MR) is 87.3 cm³/mol. The summed E-state index contributed by atoms with van der Waals surface area (Å²) in [6.07, 6.45) is 0.661. The molecule has 2 aromatic carbocycles. The number of hydrogen-bond acceptors (Lipinski definition) is 4. The number of methoxy groups -OCH3 is 2. The van der Waals surface area contributed by atoms with Crippen LogP contribution in [0.25, 0.3) is 0 Å². The maximum atomic E-state index is 12.6. The molecule has 0 saturated carbocycles. The lowest BCUT2D eigenvalue weighted by Crippen LogP contribution is -2.32. The molecule has 23 heavy (non-hydrogen) atoms. The standard InChI is InChI=1S/C18H19NO4/c1-21-14-7-8-17(22-2)15(10-14)19-18(20)13-9-12-5-3-4-6-16(12)23-11-13/h3-8,10,13H,9,11H2,1-2H3,(H,19,20). The summed E-state index contributed by atoms with van der Waals surface area (Å²) in [6.45, 7) is 0.370. The first kappa shape index (κ1) is 15.2. The van der Waals surface area contributed by atoms with Crippen LogP contribution < -0.4 is 19.5 Å². The Morgan fingerprint density at radius 1 is 1.17 bits per heavy atom. The molecule has 1 N–H and O–H groups in total. The lowest BCUT2D eigenvalue weighted by atomic mass is 9.96. The molecule has 0 aliphatic carbocycles. The van der Waals surface area contributed by atoms with E-state index in [1.165, 1.54) is 0 Å². The Kier molecular flexibility index (Phi) is 4.37. The van der Waals surface area contributed by atoms with Crippen LogP contribution in [-0.2, 0) is 11.2 Å². The molecule has 1 aliphatic rings. The van der Waals surface area contributed by atoms with Crippen molar-refractivity contribution in [2.75, 3.05) is 26.1 Å².